The monoisotopic (exact) mass is 543 g/mol. The molecule has 1 fully saturated rings. The number of carbonyl (C=O) groups is 2. The van der Waals surface area contributed by atoms with Gasteiger partial charge in [0.2, 0.25) is 11.8 Å². The molecule has 9 heteroatoms. The Balaban J connectivity index is 1.63. The highest BCUT2D eigenvalue weighted by Gasteiger charge is 2.59. The average molecular weight is 544 g/mol. The first kappa shape index (κ1) is 28.5. The van der Waals surface area contributed by atoms with E-state index in [0.717, 1.165) is 28.3 Å². The quantitative estimate of drug-likeness (QED) is 0.414. The van der Waals surface area contributed by atoms with E-state index in [0.29, 0.717) is 24.5 Å². The molecule has 0 radical (unpaired) electrons. The molecule has 0 bridgehead atoms. The van der Waals surface area contributed by atoms with Gasteiger partial charge < -0.3 is 25.6 Å². The number of hydrogen-bond acceptors (Lipinski definition) is 7. The number of benzene rings is 1. The number of aliphatic hydroxyl groups is 2. The van der Waals surface area contributed by atoms with Crippen molar-refractivity contribution in [2.24, 2.45) is 22.2 Å². The number of ether oxygens (including phenoxy) is 1. The largest absolute Gasteiger partial charge is 0.497 e. The van der Waals surface area contributed by atoms with E-state index in [9.17, 15) is 19.8 Å². The normalized spacial score (nSPS) is 28.7. The minimum Gasteiger partial charge on any atom is -0.497 e. The van der Waals surface area contributed by atoms with Gasteiger partial charge in [-0.1, -0.05) is 46.8 Å². The van der Waals surface area contributed by atoms with Crippen molar-refractivity contribution in [2.45, 2.75) is 78.9 Å². The second-order valence-electron chi connectivity index (χ2n) is 12.4. The molecule has 0 aliphatic heterocycles. The number of nitrogens with one attached hydrogen (secondary N) is 2. The second-order valence-corrected chi connectivity index (χ2v) is 13.5. The Morgan fingerprint density at radius 3 is 2.50 bits per heavy atom. The lowest BCUT2D eigenvalue weighted by Crippen LogP contribution is -2.57. The number of methoxy groups -OCH3 is 1. The lowest BCUT2D eigenvalue weighted by molar-refractivity contribution is -0.144. The molecule has 38 heavy (non-hydrogen) atoms. The molecule has 0 spiro atoms. The van der Waals surface area contributed by atoms with Crippen LogP contribution in [0.5, 0.6) is 5.75 Å². The van der Waals surface area contributed by atoms with Gasteiger partial charge in [0.25, 0.3) is 0 Å². The third kappa shape index (κ3) is 5.33. The third-order valence-electron chi connectivity index (χ3n) is 8.83. The number of amides is 2. The molecule has 4 N–H and O–H groups in total. The summed E-state index contributed by atoms with van der Waals surface area (Å²) in [6.07, 6.45) is 1.55. The Hall–Kier alpha value is -2.49. The zero-order valence-electron chi connectivity index (χ0n) is 23.3. The number of hydrogen-bond donors (Lipinski definition) is 4. The van der Waals surface area contributed by atoms with Gasteiger partial charge in [0.05, 0.1) is 25.5 Å². The molecule has 1 saturated carbocycles. The SMILES string of the molecule is COc1ccc(CNC(=O)CC2c3nc(NC(=O)C(C)(C)C)sc3CC3C(C)(CO)C(O)CCC23C)cc1. The summed E-state index contributed by atoms with van der Waals surface area (Å²) in [5.41, 5.74) is 0.227. The smallest absolute Gasteiger partial charge is 0.231 e. The lowest BCUT2D eigenvalue weighted by atomic mass is 9.47. The lowest BCUT2D eigenvalue weighted by Gasteiger charge is -2.58. The number of rotatable bonds is 7. The van der Waals surface area contributed by atoms with Crippen LogP contribution in [0.2, 0.25) is 0 Å². The van der Waals surface area contributed by atoms with E-state index in [1.54, 1.807) is 7.11 Å². The van der Waals surface area contributed by atoms with Crippen LogP contribution in [0.3, 0.4) is 0 Å². The number of aliphatic hydroxyl groups excluding tert-OH is 2. The van der Waals surface area contributed by atoms with Gasteiger partial charge in [-0.05, 0) is 48.3 Å². The summed E-state index contributed by atoms with van der Waals surface area (Å²) < 4.78 is 5.21. The fraction of sp³-hybridized carbons (Fsp3) is 0.621. The molecule has 4 rings (SSSR count). The van der Waals surface area contributed by atoms with Crippen molar-refractivity contribution in [2.75, 3.05) is 19.0 Å². The first-order chi connectivity index (χ1) is 17.8. The molecule has 2 amide bonds. The Kier molecular flexibility index (Phi) is 7.94. The summed E-state index contributed by atoms with van der Waals surface area (Å²) in [5, 5.41) is 27.9. The second kappa shape index (κ2) is 10.6. The van der Waals surface area contributed by atoms with Crippen molar-refractivity contribution in [1.82, 2.24) is 10.3 Å². The highest BCUT2D eigenvalue weighted by molar-refractivity contribution is 7.15. The first-order valence-electron chi connectivity index (χ1n) is 13.3. The van der Waals surface area contributed by atoms with E-state index < -0.39 is 16.9 Å². The molecule has 5 atom stereocenters. The van der Waals surface area contributed by atoms with Crippen LogP contribution in [0.25, 0.3) is 0 Å². The highest BCUT2D eigenvalue weighted by atomic mass is 32.1. The summed E-state index contributed by atoms with van der Waals surface area (Å²) in [4.78, 5) is 31.9. The summed E-state index contributed by atoms with van der Waals surface area (Å²) in [7, 11) is 1.62. The number of fused-ring (bicyclic) bond motifs is 2. The van der Waals surface area contributed by atoms with Crippen molar-refractivity contribution in [1.29, 1.82) is 0 Å². The Bertz CT molecular complexity index is 1170. The maximum Gasteiger partial charge on any atom is 0.231 e. The van der Waals surface area contributed by atoms with Crippen molar-refractivity contribution in [3.63, 3.8) is 0 Å². The number of thiazole rings is 1. The number of aromatic nitrogens is 1. The summed E-state index contributed by atoms with van der Waals surface area (Å²) >= 11 is 1.44. The Labute approximate surface area is 229 Å². The minimum atomic E-state index is -0.693. The molecular formula is C29H41N3O5S. The number of nitrogens with zero attached hydrogens (tertiary/aromatic N) is 1. The first-order valence-corrected chi connectivity index (χ1v) is 14.1. The van der Waals surface area contributed by atoms with Gasteiger partial charge in [0.15, 0.2) is 5.13 Å². The van der Waals surface area contributed by atoms with E-state index >= 15 is 0 Å². The summed E-state index contributed by atoms with van der Waals surface area (Å²) in [6.45, 7) is 9.97. The van der Waals surface area contributed by atoms with Crippen molar-refractivity contribution in [3.05, 3.63) is 40.4 Å². The van der Waals surface area contributed by atoms with Crippen LogP contribution in [0.15, 0.2) is 24.3 Å². The van der Waals surface area contributed by atoms with E-state index in [1.807, 2.05) is 52.0 Å². The fourth-order valence-corrected chi connectivity index (χ4v) is 7.25. The molecule has 0 saturated heterocycles. The Morgan fingerprint density at radius 2 is 1.89 bits per heavy atom. The van der Waals surface area contributed by atoms with Crippen LogP contribution >= 0.6 is 11.3 Å². The molecule has 2 aliphatic rings. The topological polar surface area (TPSA) is 121 Å². The fourth-order valence-electron chi connectivity index (χ4n) is 6.19. The third-order valence-corrected chi connectivity index (χ3v) is 9.84. The summed E-state index contributed by atoms with van der Waals surface area (Å²) in [6, 6.07) is 7.59. The van der Waals surface area contributed by atoms with Gasteiger partial charge in [0, 0.05) is 34.6 Å². The van der Waals surface area contributed by atoms with Crippen LogP contribution < -0.4 is 15.4 Å². The minimum absolute atomic E-state index is 0.0396. The summed E-state index contributed by atoms with van der Waals surface area (Å²) in [5.74, 6) is 0.322. The van der Waals surface area contributed by atoms with Crippen LogP contribution in [-0.4, -0.2) is 46.8 Å². The van der Waals surface area contributed by atoms with Crippen molar-refractivity contribution >= 4 is 28.3 Å². The van der Waals surface area contributed by atoms with Gasteiger partial charge >= 0.3 is 0 Å². The molecule has 1 heterocycles. The molecule has 2 aliphatic carbocycles. The van der Waals surface area contributed by atoms with Crippen LogP contribution in [0.1, 0.15) is 75.9 Å². The van der Waals surface area contributed by atoms with E-state index in [-0.39, 0.29) is 42.1 Å². The molecule has 208 valence electrons. The van der Waals surface area contributed by atoms with Gasteiger partial charge in [-0.3, -0.25) is 9.59 Å². The van der Waals surface area contributed by atoms with E-state index in [2.05, 4.69) is 17.6 Å². The highest BCUT2D eigenvalue weighted by Crippen LogP contribution is 2.62. The zero-order valence-corrected chi connectivity index (χ0v) is 24.1. The van der Waals surface area contributed by atoms with E-state index in [4.69, 9.17) is 9.72 Å². The molecule has 1 aromatic carbocycles. The zero-order chi connectivity index (χ0) is 27.9. The molecule has 1 aromatic heterocycles. The molecule has 5 unspecified atom stereocenters. The maximum absolute atomic E-state index is 13.3. The predicted octanol–water partition coefficient (Wildman–Crippen LogP) is 4.26. The average Bonchev–Trinajstić information content (AvgIpc) is 3.28. The van der Waals surface area contributed by atoms with Crippen molar-refractivity contribution < 1.29 is 24.5 Å². The van der Waals surface area contributed by atoms with Gasteiger partial charge in [0.1, 0.15) is 5.75 Å². The van der Waals surface area contributed by atoms with Crippen molar-refractivity contribution in [3.8, 4) is 5.75 Å². The van der Waals surface area contributed by atoms with Gasteiger partial charge in [-0.15, -0.1) is 11.3 Å². The predicted molar refractivity (Wildman–Crippen MR) is 148 cm³/mol. The van der Waals surface area contributed by atoms with Crippen LogP contribution in [-0.2, 0) is 22.6 Å². The van der Waals surface area contributed by atoms with Crippen LogP contribution in [0, 0.1) is 22.2 Å². The standard InChI is InChI=1S/C29H41N3O5S/c1-27(2,3)25(36)32-26-31-24-19(13-23(35)30-15-17-7-9-18(37-6)10-8-17)28(4)12-11-22(34)29(5,16-33)21(28)14-20(24)38-26/h7-10,19,21-22,33-34H,11-16H2,1-6H3,(H,30,35)(H,31,32,36). The number of anilines is 1. The maximum atomic E-state index is 13.3. The Morgan fingerprint density at radius 1 is 1.21 bits per heavy atom. The number of carbonyl (C=O) groups excluding carboxylic acids is 2. The molecule has 2 aromatic rings. The van der Waals surface area contributed by atoms with Gasteiger partial charge in [-0.25, -0.2) is 4.98 Å². The van der Waals surface area contributed by atoms with Crippen LogP contribution in [0.4, 0.5) is 5.13 Å². The molecular weight excluding hydrogens is 502 g/mol. The van der Waals surface area contributed by atoms with E-state index in [1.165, 1.54) is 11.3 Å². The molecule has 8 nitrogen and oxygen atoms in total. The van der Waals surface area contributed by atoms with Gasteiger partial charge in [-0.2, -0.15) is 0 Å².